The maximum absolute atomic E-state index is 13.1. The molecule has 1 aliphatic heterocycles. The lowest BCUT2D eigenvalue weighted by molar-refractivity contribution is 0.159. The van der Waals surface area contributed by atoms with Gasteiger partial charge in [-0.15, -0.1) is 10.3 Å². The first-order valence-corrected chi connectivity index (χ1v) is 5.21. The topological polar surface area (TPSA) is 51.1 Å². The number of allylic oxidation sites excluding steroid dienone is 1. The van der Waals surface area contributed by atoms with E-state index >= 15 is 0 Å². The van der Waals surface area contributed by atoms with Crippen LogP contribution in [0.1, 0.15) is 0 Å². The molecular formula is C11H13FN4O. The number of hydrogen-bond donors (Lipinski definition) is 2. The molecule has 90 valence electrons. The van der Waals surface area contributed by atoms with Gasteiger partial charge in [0.25, 0.3) is 0 Å². The van der Waals surface area contributed by atoms with Crippen LogP contribution in [-0.2, 0) is 0 Å². The van der Waals surface area contributed by atoms with Gasteiger partial charge in [0.2, 0.25) is 5.95 Å². The molecule has 0 atom stereocenters. The van der Waals surface area contributed by atoms with E-state index < -0.39 is 5.95 Å². The molecule has 0 fully saturated rings. The van der Waals surface area contributed by atoms with Crippen LogP contribution in [0.2, 0.25) is 0 Å². The molecule has 0 bridgehead atoms. The van der Waals surface area contributed by atoms with Gasteiger partial charge in [0.1, 0.15) is 0 Å². The lowest BCUT2D eigenvalue weighted by atomic mass is 10.3. The van der Waals surface area contributed by atoms with Gasteiger partial charge in [0.15, 0.2) is 0 Å². The van der Waals surface area contributed by atoms with Crippen molar-refractivity contribution in [3.05, 3.63) is 42.4 Å². The van der Waals surface area contributed by atoms with E-state index in [1.54, 1.807) is 5.01 Å². The van der Waals surface area contributed by atoms with Crippen molar-refractivity contribution in [1.82, 2.24) is 10.7 Å². The number of nitrogens with zero attached hydrogens (tertiary/aromatic N) is 3. The number of nitrogens with one attached hydrogen (secondary N) is 1. The van der Waals surface area contributed by atoms with Gasteiger partial charge in [0, 0.05) is 6.08 Å². The molecule has 0 saturated carbocycles. The van der Waals surface area contributed by atoms with Crippen molar-refractivity contribution in [3.63, 3.8) is 0 Å². The van der Waals surface area contributed by atoms with Gasteiger partial charge in [-0.2, -0.15) is 4.39 Å². The molecule has 0 unspecified atom stereocenters. The van der Waals surface area contributed by atoms with Crippen molar-refractivity contribution < 1.29 is 9.50 Å². The largest absolute Gasteiger partial charge is 0.394 e. The Balaban J connectivity index is 2.18. The van der Waals surface area contributed by atoms with E-state index in [9.17, 15) is 4.39 Å². The summed E-state index contributed by atoms with van der Waals surface area (Å²) in [4.78, 5) is 0. The third kappa shape index (κ3) is 2.73. The van der Waals surface area contributed by atoms with Crippen LogP contribution in [-0.4, -0.2) is 29.7 Å². The predicted molar refractivity (Wildman–Crippen MR) is 63.5 cm³/mol. The predicted octanol–water partition coefficient (Wildman–Crippen LogP) is 1.02. The monoisotopic (exact) mass is 236 g/mol. The standard InChI is InChI=1S/C11H13FN4O/c12-11-6-7-13-16(14-11)15(8-9-17)10-4-2-1-3-5-10/h1-7,14,17H,8-9H2. The van der Waals surface area contributed by atoms with Crippen LogP contribution in [0.4, 0.5) is 10.1 Å². The van der Waals surface area contributed by atoms with Gasteiger partial charge in [-0.05, 0) is 12.1 Å². The average molecular weight is 236 g/mol. The summed E-state index contributed by atoms with van der Waals surface area (Å²) in [6.07, 6.45) is 2.57. The molecular weight excluding hydrogens is 223 g/mol. The highest BCUT2D eigenvalue weighted by atomic mass is 19.1. The van der Waals surface area contributed by atoms with Gasteiger partial charge in [-0.3, -0.25) is 0 Å². The van der Waals surface area contributed by atoms with Crippen LogP contribution >= 0.6 is 0 Å². The molecule has 0 aromatic heterocycles. The van der Waals surface area contributed by atoms with Crippen molar-refractivity contribution in [2.45, 2.75) is 0 Å². The molecule has 1 aromatic rings. The van der Waals surface area contributed by atoms with E-state index in [0.717, 1.165) is 5.69 Å². The highest BCUT2D eigenvalue weighted by Gasteiger charge is 2.16. The van der Waals surface area contributed by atoms with Crippen LogP contribution in [0, 0.1) is 0 Å². The number of hydrazine groups is 2. The zero-order valence-corrected chi connectivity index (χ0v) is 9.12. The van der Waals surface area contributed by atoms with E-state index in [1.165, 1.54) is 17.5 Å². The summed E-state index contributed by atoms with van der Waals surface area (Å²) in [5.74, 6) is -0.501. The summed E-state index contributed by atoms with van der Waals surface area (Å²) in [5, 5.41) is 15.9. The molecule has 17 heavy (non-hydrogen) atoms. The zero-order valence-electron chi connectivity index (χ0n) is 9.12. The molecule has 2 N–H and O–H groups in total. The summed E-state index contributed by atoms with van der Waals surface area (Å²) >= 11 is 0. The van der Waals surface area contributed by atoms with Gasteiger partial charge >= 0.3 is 0 Å². The van der Waals surface area contributed by atoms with E-state index in [1.807, 2.05) is 30.3 Å². The molecule has 1 aliphatic rings. The summed E-state index contributed by atoms with van der Waals surface area (Å²) in [6.45, 7) is 0.246. The molecule has 1 heterocycles. The van der Waals surface area contributed by atoms with Crippen LogP contribution in [0.3, 0.4) is 0 Å². The Bertz CT molecular complexity index is 421. The first-order chi connectivity index (χ1) is 8.31. The first-order valence-electron chi connectivity index (χ1n) is 5.21. The van der Waals surface area contributed by atoms with Crippen molar-refractivity contribution in [3.8, 4) is 0 Å². The number of para-hydroxylation sites is 1. The van der Waals surface area contributed by atoms with Gasteiger partial charge in [0.05, 0.1) is 25.1 Å². The minimum atomic E-state index is -0.501. The average Bonchev–Trinajstić information content (AvgIpc) is 2.37. The normalized spacial score (nSPS) is 14.2. The summed E-state index contributed by atoms with van der Waals surface area (Å²) in [7, 11) is 0. The Morgan fingerprint density at radius 1 is 1.35 bits per heavy atom. The Labute approximate surface area is 98.4 Å². The number of halogens is 1. The zero-order chi connectivity index (χ0) is 12.1. The maximum Gasteiger partial charge on any atom is 0.210 e. The molecule has 1 aromatic carbocycles. The third-order valence-electron chi connectivity index (χ3n) is 2.20. The first kappa shape index (κ1) is 11.4. The second-order valence-electron chi connectivity index (χ2n) is 3.36. The molecule has 0 spiro atoms. The Kier molecular flexibility index (Phi) is 3.56. The third-order valence-corrected chi connectivity index (χ3v) is 2.20. The SMILES string of the molecule is OCCN(c1ccccc1)N1N=CC=C(F)N1. The number of benzene rings is 1. The Morgan fingerprint density at radius 2 is 2.12 bits per heavy atom. The number of hydrogen-bond acceptors (Lipinski definition) is 5. The minimum absolute atomic E-state index is 0.0616. The lowest BCUT2D eigenvalue weighted by Crippen LogP contribution is -2.49. The molecule has 0 amide bonds. The maximum atomic E-state index is 13.1. The highest BCUT2D eigenvalue weighted by molar-refractivity contribution is 5.72. The van der Waals surface area contributed by atoms with Crippen LogP contribution in [0.25, 0.3) is 0 Å². The highest BCUT2D eigenvalue weighted by Crippen LogP contribution is 2.16. The molecule has 0 aliphatic carbocycles. The van der Waals surface area contributed by atoms with Gasteiger partial charge < -0.3 is 5.11 Å². The lowest BCUT2D eigenvalue weighted by Gasteiger charge is -2.34. The second kappa shape index (κ2) is 5.31. The summed E-state index contributed by atoms with van der Waals surface area (Å²) < 4.78 is 13.1. The quantitative estimate of drug-likeness (QED) is 0.766. The number of hydrazone groups is 1. The van der Waals surface area contributed by atoms with E-state index in [0.29, 0.717) is 6.54 Å². The van der Waals surface area contributed by atoms with Crippen molar-refractivity contribution >= 4 is 11.9 Å². The Morgan fingerprint density at radius 3 is 2.76 bits per heavy atom. The smallest absolute Gasteiger partial charge is 0.210 e. The van der Waals surface area contributed by atoms with Crippen LogP contribution in [0.15, 0.2) is 47.5 Å². The fourth-order valence-corrected chi connectivity index (χ4v) is 1.47. The van der Waals surface area contributed by atoms with Crippen molar-refractivity contribution in [2.75, 3.05) is 18.2 Å². The molecule has 0 saturated heterocycles. The number of aliphatic hydroxyl groups excluding tert-OH is 1. The fourth-order valence-electron chi connectivity index (χ4n) is 1.47. The number of anilines is 1. The molecule has 5 nitrogen and oxygen atoms in total. The fraction of sp³-hybridized carbons (Fsp3) is 0.182. The minimum Gasteiger partial charge on any atom is -0.394 e. The number of aliphatic hydroxyl groups is 1. The van der Waals surface area contributed by atoms with Gasteiger partial charge in [-0.25, -0.2) is 10.4 Å². The van der Waals surface area contributed by atoms with Crippen LogP contribution < -0.4 is 10.4 Å². The number of rotatable bonds is 4. The molecule has 2 rings (SSSR count). The Hall–Kier alpha value is -2.08. The van der Waals surface area contributed by atoms with E-state index in [-0.39, 0.29) is 6.61 Å². The summed E-state index contributed by atoms with van der Waals surface area (Å²) in [6, 6.07) is 9.30. The van der Waals surface area contributed by atoms with Crippen molar-refractivity contribution in [2.24, 2.45) is 5.10 Å². The summed E-state index contributed by atoms with van der Waals surface area (Å²) in [5.41, 5.74) is 3.25. The van der Waals surface area contributed by atoms with Crippen molar-refractivity contribution in [1.29, 1.82) is 0 Å². The second-order valence-corrected chi connectivity index (χ2v) is 3.36. The van der Waals surface area contributed by atoms with E-state index in [4.69, 9.17) is 5.11 Å². The van der Waals surface area contributed by atoms with E-state index in [2.05, 4.69) is 10.5 Å². The van der Waals surface area contributed by atoms with Crippen LogP contribution in [0.5, 0.6) is 0 Å². The van der Waals surface area contributed by atoms with Gasteiger partial charge in [-0.1, -0.05) is 18.2 Å². The molecule has 6 heteroatoms. The molecule has 0 radical (unpaired) electrons.